The Hall–Kier alpha value is -5.62. The molecule has 1 aliphatic heterocycles. The SMILES string of the molecule is COc1cc(C(CC(C)=O)c2ccc(C)c(CN3C[C@@H](C)Oc4cc(C5CCCC(Nc6ncc(Cl)c(Nc7ccccc7S(=O)(=O)C(C)C)n6)CC5)ccc4S3(=O)=O)c2)cc2nnn(C)c12. The Morgan fingerprint density at radius 3 is 2.57 bits per heavy atom. The van der Waals surface area contributed by atoms with Crippen LogP contribution in [0.3, 0.4) is 0 Å². The summed E-state index contributed by atoms with van der Waals surface area (Å²) in [6.07, 6.45) is 5.63. The maximum Gasteiger partial charge on any atom is 0.247 e. The fourth-order valence-corrected chi connectivity index (χ4v) is 12.1. The van der Waals surface area contributed by atoms with Gasteiger partial charge in [0.25, 0.3) is 0 Å². The molecule has 15 nitrogen and oxygen atoms in total. The highest BCUT2D eigenvalue weighted by atomic mass is 35.5. The molecule has 1 fully saturated rings. The molecule has 8 rings (SSSR count). The van der Waals surface area contributed by atoms with Crippen molar-refractivity contribution in [2.75, 3.05) is 24.3 Å². The lowest BCUT2D eigenvalue weighted by Crippen LogP contribution is -2.35. The van der Waals surface area contributed by atoms with E-state index in [4.69, 9.17) is 21.1 Å². The Bertz CT molecular complexity index is 3050. The number of fused-ring (bicyclic) bond motifs is 2. The summed E-state index contributed by atoms with van der Waals surface area (Å²) in [6, 6.07) is 22.1. The van der Waals surface area contributed by atoms with Gasteiger partial charge < -0.3 is 20.1 Å². The van der Waals surface area contributed by atoms with Crippen LogP contribution in [0, 0.1) is 6.92 Å². The molecule has 0 saturated heterocycles. The number of carbonyl (C=O) groups excluding carboxylic acids is 1. The molecule has 3 unspecified atom stereocenters. The lowest BCUT2D eigenvalue weighted by atomic mass is 9.85. The molecule has 2 aromatic heterocycles. The van der Waals surface area contributed by atoms with Crippen LogP contribution >= 0.6 is 11.6 Å². The van der Waals surface area contributed by atoms with Crippen LogP contribution in [-0.4, -0.2) is 82.9 Å². The van der Waals surface area contributed by atoms with E-state index < -0.39 is 31.2 Å². The van der Waals surface area contributed by atoms with E-state index in [0.29, 0.717) is 34.5 Å². The Morgan fingerprint density at radius 2 is 1.81 bits per heavy atom. The summed E-state index contributed by atoms with van der Waals surface area (Å²) >= 11 is 6.51. The second-order valence-corrected chi connectivity index (χ2v) is 22.8. The number of nitrogens with zero attached hydrogens (tertiary/aromatic N) is 6. The predicted molar refractivity (Wildman–Crippen MR) is 260 cm³/mol. The monoisotopic (exact) mass is 968 g/mol. The number of hydrogen-bond acceptors (Lipinski definition) is 13. The molecule has 1 aliphatic carbocycles. The van der Waals surface area contributed by atoms with Gasteiger partial charge in [0, 0.05) is 32.0 Å². The minimum absolute atomic E-state index is 0.0145. The number of benzene rings is 4. The van der Waals surface area contributed by atoms with Gasteiger partial charge in [0.1, 0.15) is 44.3 Å². The molecule has 1 saturated carbocycles. The molecule has 3 heterocycles. The van der Waals surface area contributed by atoms with Gasteiger partial charge in [-0.15, -0.1) is 5.10 Å². The lowest BCUT2D eigenvalue weighted by Gasteiger charge is -2.24. The fraction of sp³-hybridized carbons (Fsp3) is 0.408. The summed E-state index contributed by atoms with van der Waals surface area (Å²) in [7, 11) is -4.17. The first-order valence-corrected chi connectivity index (χ1v) is 25.9. The Morgan fingerprint density at radius 1 is 1.01 bits per heavy atom. The van der Waals surface area contributed by atoms with Crippen LogP contribution < -0.4 is 20.1 Å². The zero-order chi connectivity index (χ0) is 47.8. The third-order valence-corrected chi connectivity index (χ3v) is 17.2. The van der Waals surface area contributed by atoms with Gasteiger partial charge in [0.2, 0.25) is 16.0 Å². The third-order valence-electron chi connectivity index (χ3n) is 12.9. The van der Waals surface area contributed by atoms with Crippen molar-refractivity contribution in [2.24, 2.45) is 7.05 Å². The number of rotatable bonds is 14. The van der Waals surface area contributed by atoms with Gasteiger partial charge in [-0.3, -0.25) is 4.79 Å². The molecule has 0 bridgehead atoms. The van der Waals surface area contributed by atoms with E-state index in [9.17, 15) is 21.6 Å². The molecule has 0 spiro atoms. The summed E-state index contributed by atoms with van der Waals surface area (Å²) in [6.45, 7) is 8.98. The molecule has 4 atom stereocenters. The zero-order valence-corrected chi connectivity index (χ0v) is 41.2. The Balaban J connectivity index is 0.977. The topological polar surface area (TPSA) is 188 Å². The second-order valence-electron chi connectivity index (χ2n) is 18.0. The number of carbonyl (C=O) groups is 1. The molecule has 2 N–H and O–H groups in total. The Labute approximate surface area is 397 Å². The van der Waals surface area contributed by atoms with E-state index in [0.717, 1.165) is 65.4 Å². The molecule has 18 heteroatoms. The molecule has 4 aromatic carbocycles. The van der Waals surface area contributed by atoms with Gasteiger partial charge >= 0.3 is 0 Å². The molecular weight excluding hydrogens is 912 g/mol. The average molecular weight is 970 g/mol. The van der Waals surface area contributed by atoms with Crippen molar-refractivity contribution in [2.45, 2.75) is 119 Å². The normalized spacial score (nSPS) is 19.2. The van der Waals surface area contributed by atoms with Crippen LogP contribution in [0.25, 0.3) is 11.0 Å². The number of methoxy groups -OCH3 is 1. The maximum atomic E-state index is 14.6. The van der Waals surface area contributed by atoms with Crippen molar-refractivity contribution < 1.29 is 31.1 Å². The summed E-state index contributed by atoms with van der Waals surface area (Å²) in [5.41, 5.74) is 6.30. The number of nitrogens with one attached hydrogen (secondary N) is 2. The van der Waals surface area contributed by atoms with E-state index in [2.05, 4.69) is 30.9 Å². The number of hydrogen-bond donors (Lipinski definition) is 2. The van der Waals surface area contributed by atoms with Gasteiger partial charge in [-0.2, -0.15) is 9.29 Å². The number of ketones is 1. The number of aryl methyl sites for hydroxylation is 2. The van der Waals surface area contributed by atoms with E-state index in [1.54, 1.807) is 69.9 Å². The summed E-state index contributed by atoms with van der Waals surface area (Å²) in [4.78, 5) is 22.1. The maximum absolute atomic E-state index is 14.6. The quantitative estimate of drug-likeness (QED) is 0.0985. The van der Waals surface area contributed by atoms with Crippen molar-refractivity contribution in [3.63, 3.8) is 0 Å². The van der Waals surface area contributed by atoms with Crippen molar-refractivity contribution >= 4 is 65.7 Å². The lowest BCUT2D eigenvalue weighted by molar-refractivity contribution is -0.117. The minimum atomic E-state index is -3.99. The average Bonchev–Trinajstić information content (AvgIpc) is 3.45. The van der Waals surface area contributed by atoms with Crippen LogP contribution in [0.4, 0.5) is 17.5 Å². The van der Waals surface area contributed by atoms with Gasteiger partial charge in [-0.05, 0) is 130 Å². The van der Waals surface area contributed by atoms with Gasteiger partial charge in [-0.1, -0.05) is 59.6 Å². The van der Waals surface area contributed by atoms with Crippen molar-refractivity contribution in [3.05, 3.63) is 112 Å². The van der Waals surface area contributed by atoms with Crippen LogP contribution in [0.15, 0.2) is 88.8 Å². The first-order chi connectivity index (χ1) is 31.9. The van der Waals surface area contributed by atoms with Crippen molar-refractivity contribution in [1.82, 2.24) is 29.3 Å². The highest BCUT2D eigenvalue weighted by Crippen LogP contribution is 2.40. The van der Waals surface area contributed by atoms with Crippen LogP contribution in [-0.2, 0) is 38.2 Å². The molecule has 354 valence electrons. The molecule has 0 amide bonds. The zero-order valence-electron chi connectivity index (χ0n) is 38.8. The molecule has 67 heavy (non-hydrogen) atoms. The standard InChI is InChI=1S/C49H57ClN8O7S2/c1-29(2)66(60,61)45-14-9-8-13-41(45)53-48-40(50)26-51-49(54-48)52-38-12-10-11-33(17-19-38)34-18-20-46-43(24-34)65-32(5)27-58(67(46,62)63)28-37-22-35(16-15-30(37)3)39(21-31(4)59)36-23-42-47(44(25-36)64-7)57(6)56-55-42/h8-9,13-16,18,20,22-26,29,32-33,38-39H,10-12,17,19,21,27-28H2,1-7H3,(H2,51,52,53,54)/t32-,33?,38?,39?/m1/s1. The summed E-state index contributed by atoms with van der Waals surface area (Å²) in [5, 5.41) is 14.7. The van der Waals surface area contributed by atoms with Crippen LogP contribution in [0.1, 0.15) is 106 Å². The second kappa shape index (κ2) is 19.5. The number of sulfonamides is 1. The number of aromatic nitrogens is 5. The van der Waals surface area contributed by atoms with Crippen molar-refractivity contribution in [1.29, 1.82) is 0 Å². The first-order valence-electron chi connectivity index (χ1n) is 22.6. The molecule has 6 aromatic rings. The molecule has 2 aliphatic rings. The number of sulfone groups is 1. The van der Waals surface area contributed by atoms with Crippen molar-refractivity contribution in [3.8, 4) is 11.5 Å². The van der Waals surface area contributed by atoms with E-state index in [1.165, 1.54) is 10.5 Å². The number of ether oxygens (including phenoxy) is 2. The van der Waals surface area contributed by atoms with E-state index >= 15 is 0 Å². The number of Topliss-reactive ketones (excluding diaryl/α,β-unsaturated/α-hetero) is 1. The summed E-state index contributed by atoms with van der Waals surface area (Å²) in [5.74, 6) is 1.47. The van der Waals surface area contributed by atoms with E-state index in [-0.39, 0.29) is 58.0 Å². The number of halogens is 1. The van der Waals surface area contributed by atoms with Gasteiger partial charge in [0.15, 0.2) is 15.7 Å². The summed E-state index contributed by atoms with van der Waals surface area (Å²) < 4.78 is 70.6. The first kappa shape index (κ1) is 47.9. The number of para-hydroxylation sites is 1. The highest BCUT2D eigenvalue weighted by Gasteiger charge is 2.35. The van der Waals surface area contributed by atoms with Crippen LogP contribution in [0.5, 0.6) is 11.5 Å². The molecule has 0 radical (unpaired) electrons. The number of anilines is 3. The smallest absolute Gasteiger partial charge is 0.247 e. The van der Waals surface area contributed by atoms with E-state index in [1.807, 2.05) is 56.3 Å². The van der Waals surface area contributed by atoms with Crippen LogP contribution in [0.2, 0.25) is 5.02 Å². The molecular formula is C49H57ClN8O7S2. The van der Waals surface area contributed by atoms with Gasteiger partial charge in [0.05, 0.1) is 35.7 Å². The third kappa shape index (κ3) is 10.2. The highest BCUT2D eigenvalue weighted by molar-refractivity contribution is 7.92. The van der Waals surface area contributed by atoms with Gasteiger partial charge in [-0.25, -0.2) is 26.5 Å². The largest absolute Gasteiger partial charge is 0.494 e. The minimum Gasteiger partial charge on any atom is -0.494 e. The Kier molecular flexibility index (Phi) is 14.0. The predicted octanol–water partition coefficient (Wildman–Crippen LogP) is 9.27. The fourth-order valence-electron chi connectivity index (χ4n) is 9.21.